The molecule has 9 N–H and O–H groups in total. The number of methoxy groups -OCH3 is 1. The van der Waals surface area contributed by atoms with Crippen LogP contribution < -0.4 is 10.5 Å². The zero-order valence-electron chi connectivity index (χ0n) is 40.4. The summed E-state index contributed by atoms with van der Waals surface area (Å²) in [5.41, 5.74) is 4.91. The van der Waals surface area contributed by atoms with Crippen LogP contribution in [-0.4, -0.2) is 104 Å². The van der Waals surface area contributed by atoms with Crippen molar-refractivity contribution in [2.45, 2.75) is 21.3 Å². The molecule has 8 aromatic carbocycles. The molecule has 428 valence electrons. The van der Waals surface area contributed by atoms with Crippen LogP contribution in [0.5, 0.6) is 23.0 Å². The Balaban J connectivity index is 0.000000936. The number of aliphatic hydroxyl groups excluding tert-OH is 1. The van der Waals surface area contributed by atoms with E-state index in [9.17, 15) is 59.3 Å². The molecule has 0 spiro atoms. The number of rotatable bonds is 13. The van der Waals surface area contributed by atoms with Crippen molar-refractivity contribution in [2.24, 2.45) is 40.9 Å². The molecule has 82 heavy (non-hydrogen) atoms. The van der Waals surface area contributed by atoms with Crippen molar-refractivity contribution in [1.29, 1.82) is 0 Å². The van der Waals surface area contributed by atoms with Crippen LogP contribution in [0.3, 0.4) is 0 Å². The van der Waals surface area contributed by atoms with E-state index < -0.39 is 112 Å². The fourth-order valence-corrected chi connectivity index (χ4v) is 8.99. The van der Waals surface area contributed by atoms with Crippen molar-refractivity contribution < 1.29 is 102 Å². The Kier molecular flexibility index (Phi) is 20.6. The predicted molar refractivity (Wildman–Crippen MR) is 282 cm³/mol. The number of benzene rings is 8. The van der Waals surface area contributed by atoms with Crippen molar-refractivity contribution in [2.75, 3.05) is 12.8 Å². The van der Waals surface area contributed by atoms with Gasteiger partial charge in [0.2, 0.25) is 0 Å². The first-order valence-corrected chi connectivity index (χ1v) is 28.6. The van der Waals surface area contributed by atoms with Gasteiger partial charge in [-0.1, -0.05) is 24.3 Å². The molecular formula is C44H33N9O23S6. The molecule has 0 aliphatic rings. The minimum absolute atomic E-state index is 0.0349. The number of nitrogen functional groups attached to an aromatic ring is 1. The van der Waals surface area contributed by atoms with Crippen LogP contribution >= 0.6 is 0 Å². The Labute approximate surface area is 464 Å². The Morgan fingerprint density at radius 3 is 1.44 bits per heavy atom. The zero-order valence-corrected chi connectivity index (χ0v) is 45.3. The summed E-state index contributed by atoms with van der Waals surface area (Å²) in [7, 11) is -22.6. The van der Waals surface area contributed by atoms with Gasteiger partial charge in [-0.2, -0.15) is 40.6 Å². The van der Waals surface area contributed by atoms with E-state index in [-0.39, 0.29) is 72.4 Å². The van der Waals surface area contributed by atoms with E-state index in [1.807, 2.05) is 0 Å². The molecule has 0 aliphatic heterocycles. The molecule has 0 unspecified atom stereocenters. The molecule has 0 saturated heterocycles. The van der Waals surface area contributed by atoms with Crippen LogP contribution in [0.4, 0.5) is 51.2 Å². The lowest BCUT2D eigenvalue weighted by molar-refractivity contribution is 0.281. The average Bonchev–Trinajstić information content (AvgIpc) is 2.30. The van der Waals surface area contributed by atoms with Crippen LogP contribution in [0.25, 0.3) is 32.3 Å². The molecule has 8 rings (SSSR count). The molecule has 0 aliphatic carbocycles. The van der Waals surface area contributed by atoms with Gasteiger partial charge >= 0.3 is 31.8 Å². The van der Waals surface area contributed by atoms with Gasteiger partial charge in [0.15, 0.2) is 17.2 Å². The Hall–Kier alpha value is -9.51. The molecular weight excluding hydrogens is 1210 g/mol. The first-order valence-electron chi connectivity index (χ1n) is 21.3. The van der Waals surface area contributed by atoms with Crippen molar-refractivity contribution >= 4 is 146 Å². The SMILES string of the molecule is COc1ccc(N=Nc2c(S(=O)(=O)O)cc3ccc(N=Nc4c(S(=O)(=O)O)cc5ccc(N=Nc6ccc7c(O)c(N=Nc8ccc(CO)cc8S(=O)(=O)O)ccc7c6)c(O)c5c4N)cc3c2O)cc1.O=S(=O)=O.O=S(=O)=O.O=S(=O)=O. The van der Waals surface area contributed by atoms with Gasteiger partial charge in [-0.3, -0.25) is 13.7 Å². The van der Waals surface area contributed by atoms with E-state index in [1.165, 1.54) is 86.0 Å². The van der Waals surface area contributed by atoms with Crippen LogP contribution in [0.1, 0.15) is 5.56 Å². The molecule has 0 radical (unpaired) electrons. The smallest absolute Gasteiger partial charge is 0.425 e. The molecule has 0 bridgehead atoms. The summed E-state index contributed by atoms with van der Waals surface area (Å²) < 4.78 is 185. The highest BCUT2D eigenvalue weighted by molar-refractivity contribution is 7.86. The third-order valence-electron chi connectivity index (χ3n) is 10.4. The standard InChI is InChI=1S/C44H33N9O14S3.3O3S/c1-67-29-10-7-26(8-11-29)46-53-41-37(70(64,65)66)18-24-3-6-28(20-31(24)43(41)56)48-52-40-36(69(61,62)63)19-25-5-15-34(44(57)38(25)39(40)45)50-47-27-9-12-30-23(17-27)4-14-33(42(30)55)51-49-32-13-2-22(21-54)16-35(32)68(58,59)60;3*1-4(2)3/h2-20,54-57H,21,45H2,1H3,(H,58,59,60)(H,61,62,63)(H,64,65,66);;;. The minimum Gasteiger partial charge on any atom is -0.505 e. The summed E-state index contributed by atoms with van der Waals surface area (Å²) in [5, 5.41) is 75.8. The summed E-state index contributed by atoms with van der Waals surface area (Å²) in [6.45, 7) is -0.494. The van der Waals surface area contributed by atoms with Gasteiger partial charge in [0.05, 0.1) is 41.9 Å². The topological polar surface area (TPSA) is 532 Å². The first-order chi connectivity index (χ1) is 38.3. The number of fused-ring (bicyclic) bond motifs is 3. The third-order valence-corrected chi connectivity index (χ3v) is 13.0. The molecule has 8 aromatic rings. The number of hydrogen-bond acceptors (Lipinski definition) is 29. The number of phenolic OH excluding ortho intramolecular Hbond substituents is 3. The molecule has 0 atom stereocenters. The maximum atomic E-state index is 12.6. The van der Waals surface area contributed by atoms with Gasteiger partial charge in [0, 0.05) is 10.8 Å². The van der Waals surface area contributed by atoms with E-state index in [2.05, 4.69) is 40.9 Å². The Morgan fingerprint density at radius 2 is 0.866 bits per heavy atom. The third kappa shape index (κ3) is 16.5. The predicted octanol–water partition coefficient (Wildman–Crippen LogP) is 7.74. The number of anilines is 1. The van der Waals surface area contributed by atoms with E-state index in [0.717, 1.165) is 18.2 Å². The molecule has 0 saturated carbocycles. The molecule has 0 amide bonds. The first kappa shape index (κ1) is 63.3. The summed E-state index contributed by atoms with van der Waals surface area (Å²) in [6, 6.07) is 25.7. The summed E-state index contributed by atoms with van der Waals surface area (Å²) in [6.07, 6.45) is 0. The van der Waals surface area contributed by atoms with Gasteiger partial charge in [-0.25, -0.2) is 0 Å². The number of phenols is 3. The summed E-state index contributed by atoms with van der Waals surface area (Å²) >= 11 is 0. The van der Waals surface area contributed by atoms with Gasteiger partial charge in [-0.15, -0.1) is 63.5 Å². The van der Waals surface area contributed by atoms with Gasteiger partial charge in [0.1, 0.15) is 48.9 Å². The highest BCUT2D eigenvalue weighted by Gasteiger charge is 2.25. The quantitative estimate of drug-likeness (QED) is 0.0311. The number of ether oxygens (including phenoxy) is 1. The number of nitrogens with zero attached hydrogens (tertiary/aromatic N) is 8. The van der Waals surface area contributed by atoms with Gasteiger partial charge in [-0.05, 0) is 113 Å². The van der Waals surface area contributed by atoms with Crippen molar-refractivity contribution in [3.8, 4) is 23.0 Å². The fraction of sp³-hybridized carbons (Fsp3) is 0.0455. The van der Waals surface area contributed by atoms with Crippen LogP contribution in [0.15, 0.2) is 171 Å². The maximum absolute atomic E-state index is 12.6. The summed E-state index contributed by atoms with van der Waals surface area (Å²) in [4.78, 5) is -2.15. The Bertz CT molecular complexity index is 4620. The molecule has 0 heterocycles. The minimum atomic E-state index is -5.04. The van der Waals surface area contributed by atoms with Crippen molar-refractivity contribution in [1.82, 2.24) is 0 Å². The second-order valence-corrected chi connectivity index (χ2v) is 20.9. The number of aromatic hydroxyl groups is 3. The molecule has 38 heteroatoms. The van der Waals surface area contributed by atoms with E-state index in [4.69, 9.17) is 48.4 Å². The fourth-order valence-electron chi connectivity index (χ4n) is 6.99. The second-order valence-electron chi connectivity index (χ2n) is 15.5. The molecule has 0 fully saturated rings. The lowest BCUT2D eigenvalue weighted by Crippen LogP contribution is -2.01. The Morgan fingerprint density at radius 1 is 0.439 bits per heavy atom. The van der Waals surface area contributed by atoms with Gasteiger partial charge in [0.25, 0.3) is 30.4 Å². The lowest BCUT2D eigenvalue weighted by atomic mass is 10.1. The van der Waals surface area contributed by atoms with Crippen molar-refractivity contribution in [3.05, 3.63) is 121 Å². The van der Waals surface area contributed by atoms with Crippen LogP contribution in [0, 0.1) is 0 Å². The number of nitrogens with two attached hydrogens (primary N) is 1. The van der Waals surface area contributed by atoms with Gasteiger partial charge < -0.3 is 30.9 Å². The van der Waals surface area contributed by atoms with Crippen LogP contribution in [0.2, 0.25) is 0 Å². The van der Waals surface area contributed by atoms with E-state index in [1.54, 1.807) is 18.2 Å². The highest BCUT2D eigenvalue weighted by atomic mass is 32.2. The highest BCUT2D eigenvalue weighted by Crippen LogP contribution is 2.47. The van der Waals surface area contributed by atoms with E-state index >= 15 is 0 Å². The monoisotopic (exact) mass is 1250 g/mol. The normalized spacial score (nSPS) is 11.8. The molecule has 32 nitrogen and oxygen atoms in total. The summed E-state index contributed by atoms with van der Waals surface area (Å²) in [5.74, 6) is -1.14. The second kappa shape index (κ2) is 26.6. The van der Waals surface area contributed by atoms with Crippen LogP contribution in [-0.2, 0) is 68.8 Å². The van der Waals surface area contributed by atoms with Crippen molar-refractivity contribution in [3.63, 3.8) is 0 Å². The number of hydrogen-bond donors (Lipinski definition) is 8. The lowest BCUT2D eigenvalue weighted by Gasteiger charge is -2.12. The number of aliphatic hydroxyl groups is 1. The van der Waals surface area contributed by atoms with E-state index in [0.29, 0.717) is 11.1 Å². The molecule has 0 aromatic heterocycles. The number of azo groups is 4. The maximum Gasteiger partial charge on any atom is 0.425 e. The average molecular weight is 1250 g/mol. The zero-order chi connectivity index (χ0) is 61.0. The largest absolute Gasteiger partial charge is 0.505 e.